The second kappa shape index (κ2) is 21.0. The fraction of sp³-hybridized carbons (Fsp3) is 0.500. The Morgan fingerprint density at radius 3 is 2.29 bits per heavy atom. The maximum atomic E-state index is 13.7. The Morgan fingerprint density at radius 2 is 1.60 bits per heavy atom. The SMILES string of the molecule is Cc1sc2c(c1C)C(c1ccc(Cl)cc1)=N[C@@H](CC(=O)NC(C)c1ccc(OCCCOCCCOCC(=O)NC(C(=O)N3CCCC3C(N)=O)C(C)(C)C)cc1)c1nnc(C)n1-2. The number of carbonyl (C=O) groups is 4. The third kappa shape index (κ3) is 11.7. The number of fused-ring (bicyclic) bond motifs is 3. The molecule has 1 fully saturated rings. The highest BCUT2D eigenvalue weighted by Gasteiger charge is 2.41. The van der Waals surface area contributed by atoms with E-state index < -0.39 is 35.4 Å². The van der Waals surface area contributed by atoms with Crippen molar-refractivity contribution in [2.24, 2.45) is 16.1 Å². The van der Waals surface area contributed by atoms with Gasteiger partial charge in [0, 0.05) is 53.8 Å². The van der Waals surface area contributed by atoms with E-state index in [-0.39, 0.29) is 30.9 Å². The van der Waals surface area contributed by atoms with Gasteiger partial charge in [0.05, 0.1) is 24.8 Å². The fourth-order valence-electron chi connectivity index (χ4n) is 7.77. The van der Waals surface area contributed by atoms with Gasteiger partial charge < -0.3 is 35.5 Å². The number of aromatic nitrogens is 3. The molecule has 63 heavy (non-hydrogen) atoms. The van der Waals surface area contributed by atoms with Gasteiger partial charge in [0.2, 0.25) is 23.6 Å². The molecular formula is C46H59ClN8O7S. The lowest BCUT2D eigenvalue weighted by molar-refractivity contribution is -0.143. The van der Waals surface area contributed by atoms with E-state index in [0.717, 1.165) is 38.8 Å². The molecule has 1 saturated heterocycles. The lowest BCUT2D eigenvalue weighted by Crippen LogP contribution is -2.57. The average Bonchev–Trinajstić information content (AvgIpc) is 3.94. The third-order valence-corrected chi connectivity index (χ3v) is 12.7. The summed E-state index contributed by atoms with van der Waals surface area (Å²) in [7, 11) is 0. The van der Waals surface area contributed by atoms with Crippen LogP contribution in [0.3, 0.4) is 0 Å². The van der Waals surface area contributed by atoms with Crippen molar-refractivity contribution in [3.63, 3.8) is 0 Å². The molecule has 4 heterocycles. The Bertz CT molecular complexity index is 2290. The summed E-state index contributed by atoms with van der Waals surface area (Å²) in [5, 5.41) is 16.5. The van der Waals surface area contributed by atoms with Gasteiger partial charge in [0.25, 0.3) is 0 Å². The first kappa shape index (κ1) is 47.3. The summed E-state index contributed by atoms with van der Waals surface area (Å²) < 4.78 is 19.2. The standard InChI is InChI=1S/C46H59ClN8O7S/c1-27-29(3)63-45-39(27)40(32-12-16-33(47)17-13-32)50-35(43-53-52-30(4)55(43)45)25-37(56)49-28(2)31-14-18-34(19-15-31)62-24-10-22-60-21-9-23-61-26-38(57)51-41(46(5,6)7)44(59)54-20-8-11-36(54)42(48)58/h12-19,28,35-36,41H,8-11,20-26H2,1-7H3,(H2,48,58)(H,49,56)(H,51,57)/t28?,35-,36?,41?/m0/s1. The van der Waals surface area contributed by atoms with Crippen molar-refractivity contribution in [2.75, 3.05) is 39.6 Å². The van der Waals surface area contributed by atoms with Crippen LogP contribution in [0, 0.1) is 26.2 Å². The van der Waals surface area contributed by atoms with Gasteiger partial charge >= 0.3 is 0 Å². The van der Waals surface area contributed by atoms with E-state index in [1.54, 1.807) is 11.3 Å². The highest BCUT2D eigenvalue weighted by molar-refractivity contribution is 7.15. The normalized spacial score (nSPS) is 17.0. The Hall–Kier alpha value is -5.16. The summed E-state index contributed by atoms with van der Waals surface area (Å²) in [6, 6.07) is 13.0. The van der Waals surface area contributed by atoms with E-state index in [4.69, 9.17) is 36.5 Å². The largest absolute Gasteiger partial charge is 0.494 e. The van der Waals surface area contributed by atoms with Gasteiger partial charge in [0.1, 0.15) is 41.3 Å². The van der Waals surface area contributed by atoms with E-state index in [0.29, 0.717) is 75.3 Å². The van der Waals surface area contributed by atoms with Crippen LogP contribution in [0.4, 0.5) is 0 Å². The summed E-state index contributed by atoms with van der Waals surface area (Å²) in [6.45, 7) is 15.6. The molecule has 3 unspecified atom stereocenters. The van der Waals surface area contributed by atoms with Gasteiger partial charge in [-0.3, -0.25) is 28.7 Å². The van der Waals surface area contributed by atoms with Crippen LogP contribution in [-0.2, 0) is 28.7 Å². The van der Waals surface area contributed by atoms with Gasteiger partial charge in [-0.25, -0.2) is 0 Å². The number of nitrogens with one attached hydrogen (secondary N) is 2. The second-order valence-corrected chi connectivity index (χ2v) is 18.8. The molecule has 2 aliphatic rings. The molecule has 0 bridgehead atoms. The first-order chi connectivity index (χ1) is 30.0. The molecule has 0 aliphatic carbocycles. The molecule has 338 valence electrons. The first-order valence-corrected chi connectivity index (χ1v) is 22.7. The number of nitrogens with two attached hydrogens (primary N) is 1. The second-order valence-electron chi connectivity index (χ2n) is 17.1. The zero-order valence-electron chi connectivity index (χ0n) is 37.2. The summed E-state index contributed by atoms with van der Waals surface area (Å²) >= 11 is 7.92. The smallest absolute Gasteiger partial charge is 0.246 e. The van der Waals surface area contributed by atoms with E-state index >= 15 is 0 Å². The summed E-state index contributed by atoms with van der Waals surface area (Å²) in [5.74, 6) is 0.665. The average molecular weight is 904 g/mol. The number of aryl methyl sites for hydroxylation is 2. The van der Waals surface area contributed by atoms with Crippen molar-refractivity contribution in [1.29, 1.82) is 0 Å². The lowest BCUT2D eigenvalue weighted by Gasteiger charge is -2.35. The van der Waals surface area contributed by atoms with Gasteiger partial charge in [0.15, 0.2) is 5.82 Å². The fourth-order valence-corrected chi connectivity index (χ4v) is 9.11. The van der Waals surface area contributed by atoms with Crippen LogP contribution in [0.2, 0.25) is 5.02 Å². The Kier molecular flexibility index (Phi) is 15.8. The number of ether oxygens (including phenoxy) is 3. The van der Waals surface area contributed by atoms with Gasteiger partial charge in [-0.15, -0.1) is 21.5 Å². The van der Waals surface area contributed by atoms with Crippen molar-refractivity contribution in [3.05, 3.63) is 92.3 Å². The number of hydrogen-bond acceptors (Lipinski definition) is 11. The first-order valence-electron chi connectivity index (χ1n) is 21.5. The molecule has 17 heteroatoms. The lowest BCUT2D eigenvalue weighted by atomic mass is 9.85. The predicted octanol–water partition coefficient (Wildman–Crippen LogP) is 6.27. The number of primary amides is 1. The molecule has 4 aromatic rings. The zero-order valence-corrected chi connectivity index (χ0v) is 38.7. The van der Waals surface area contributed by atoms with Crippen LogP contribution in [0.1, 0.15) is 111 Å². The zero-order chi connectivity index (χ0) is 45.4. The molecule has 15 nitrogen and oxygen atoms in total. The molecule has 0 radical (unpaired) electrons. The van der Waals surface area contributed by atoms with Crippen molar-refractivity contribution in [2.45, 2.75) is 105 Å². The summed E-state index contributed by atoms with van der Waals surface area (Å²) in [6.07, 6.45) is 2.57. The summed E-state index contributed by atoms with van der Waals surface area (Å²) in [4.78, 5) is 59.3. The monoisotopic (exact) mass is 902 g/mol. The number of rotatable bonds is 19. The maximum Gasteiger partial charge on any atom is 0.246 e. The molecular weight excluding hydrogens is 844 g/mol. The van der Waals surface area contributed by atoms with Gasteiger partial charge in [-0.1, -0.05) is 56.6 Å². The Balaban J connectivity index is 0.904. The quantitative estimate of drug-likeness (QED) is 0.0911. The van der Waals surface area contributed by atoms with E-state index in [1.165, 1.54) is 9.78 Å². The van der Waals surface area contributed by atoms with E-state index in [2.05, 4.69) is 34.7 Å². The minimum absolute atomic E-state index is 0.0857. The number of benzene rings is 2. The molecule has 0 spiro atoms. The van der Waals surface area contributed by atoms with Crippen LogP contribution >= 0.6 is 22.9 Å². The summed E-state index contributed by atoms with van der Waals surface area (Å²) in [5.41, 5.74) is 9.72. The minimum Gasteiger partial charge on any atom is -0.494 e. The number of amides is 4. The molecule has 6 rings (SSSR count). The molecule has 4 atom stereocenters. The van der Waals surface area contributed by atoms with Crippen molar-refractivity contribution < 1.29 is 33.4 Å². The highest BCUT2D eigenvalue weighted by atomic mass is 35.5. The number of hydrogen-bond donors (Lipinski definition) is 3. The van der Waals surface area contributed by atoms with E-state index in [1.807, 2.05) is 87.7 Å². The van der Waals surface area contributed by atoms with Crippen molar-refractivity contribution in [1.82, 2.24) is 30.3 Å². The third-order valence-electron chi connectivity index (χ3n) is 11.3. The molecule has 2 aliphatic heterocycles. The van der Waals surface area contributed by atoms with Crippen LogP contribution < -0.4 is 21.1 Å². The Morgan fingerprint density at radius 1 is 0.921 bits per heavy atom. The molecule has 2 aromatic heterocycles. The van der Waals surface area contributed by atoms with Crippen LogP contribution in [0.25, 0.3) is 5.00 Å². The molecule has 4 amide bonds. The van der Waals surface area contributed by atoms with Crippen LogP contribution in [0.5, 0.6) is 5.75 Å². The predicted molar refractivity (Wildman–Crippen MR) is 243 cm³/mol. The maximum absolute atomic E-state index is 13.7. The topological polar surface area (TPSA) is 192 Å². The van der Waals surface area contributed by atoms with E-state index in [9.17, 15) is 19.2 Å². The van der Waals surface area contributed by atoms with Crippen molar-refractivity contribution >= 4 is 52.3 Å². The number of halogens is 1. The van der Waals surface area contributed by atoms with Gasteiger partial charge in [-0.2, -0.15) is 0 Å². The molecule has 2 aromatic carbocycles. The Labute approximate surface area is 378 Å². The van der Waals surface area contributed by atoms with Crippen LogP contribution in [-0.4, -0.2) is 101 Å². The van der Waals surface area contributed by atoms with Crippen LogP contribution in [0.15, 0.2) is 53.5 Å². The minimum atomic E-state index is -0.816. The van der Waals surface area contributed by atoms with Crippen molar-refractivity contribution in [3.8, 4) is 10.8 Å². The number of aliphatic imine (C=N–C) groups is 1. The molecule has 4 N–H and O–H groups in total. The number of thiophene rings is 1. The molecule has 0 saturated carbocycles. The van der Waals surface area contributed by atoms with Gasteiger partial charge in [-0.05, 0) is 87.8 Å². The highest BCUT2D eigenvalue weighted by Crippen LogP contribution is 2.40. The number of nitrogens with zero attached hydrogens (tertiary/aromatic N) is 5. The number of likely N-dealkylation sites (tertiary alicyclic amines) is 1. The number of carbonyl (C=O) groups excluding carboxylic acids is 4.